The number of thioether (sulfide) groups is 1. The zero-order chi connectivity index (χ0) is 22.1. The number of fused-ring (bicyclic) bond motifs is 1. The Bertz CT molecular complexity index is 1310. The first kappa shape index (κ1) is 21.4. The second-order valence-electron chi connectivity index (χ2n) is 7.20. The maximum atomic E-state index is 13.4. The fraction of sp³-hybridized carbons (Fsp3) is 0.217. The van der Waals surface area contributed by atoms with Crippen LogP contribution in [-0.4, -0.2) is 25.6 Å². The van der Waals surface area contributed by atoms with E-state index in [0.29, 0.717) is 20.9 Å². The Hall–Kier alpha value is -2.84. The van der Waals surface area contributed by atoms with Crippen LogP contribution in [0.3, 0.4) is 0 Å². The van der Waals surface area contributed by atoms with Gasteiger partial charge in [0.05, 0.1) is 22.9 Å². The van der Waals surface area contributed by atoms with Crippen LogP contribution in [0, 0.1) is 19.7 Å². The second kappa shape index (κ2) is 8.72. The number of Topliss-reactive ketones (excluding diaryl/α,β-unsaturated/α-hetero) is 1. The maximum absolute atomic E-state index is 13.4. The van der Waals surface area contributed by atoms with E-state index in [-0.39, 0.29) is 17.9 Å². The van der Waals surface area contributed by atoms with Gasteiger partial charge in [-0.05, 0) is 62.7 Å². The number of hydrogen-bond acceptors (Lipinski definition) is 6. The molecule has 0 bridgehead atoms. The number of aromatic nitrogens is 3. The normalized spacial score (nSPS) is 12.3. The lowest BCUT2D eigenvalue weighted by atomic mass is 10.1. The molecule has 3 heterocycles. The highest BCUT2D eigenvalue weighted by Crippen LogP contribution is 2.30. The highest BCUT2D eigenvalue weighted by molar-refractivity contribution is 8.00. The number of nitrogens with zero attached hydrogens (tertiary/aromatic N) is 3. The summed E-state index contributed by atoms with van der Waals surface area (Å²) >= 11 is 2.70. The molecule has 0 N–H and O–H groups in total. The molecule has 0 saturated carbocycles. The molecule has 158 valence electrons. The number of thiophene rings is 1. The van der Waals surface area contributed by atoms with Crippen LogP contribution in [0.15, 0.2) is 58.6 Å². The second-order valence-corrected chi connectivity index (χ2v) is 9.71. The summed E-state index contributed by atoms with van der Waals surface area (Å²) in [5, 5.41) is 0.569. The quantitative estimate of drug-likeness (QED) is 0.233. The molecule has 0 aliphatic carbocycles. The molecular formula is C23H20FN3O2S2. The van der Waals surface area contributed by atoms with Gasteiger partial charge in [-0.25, -0.2) is 9.37 Å². The van der Waals surface area contributed by atoms with Gasteiger partial charge in [0, 0.05) is 16.6 Å². The van der Waals surface area contributed by atoms with E-state index in [4.69, 9.17) is 4.98 Å². The first-order chi connectivity index (χ1) is 14.8. The monoisotopic (exact) mass is 453 g/mol. The van der Waals surface area contributed by atoms with E-state index < -0.39 is 11.1 Å². The van der Waals surface area contributed by atoms with E-state index in [0.717, 1.165) is 16.1 Å². The molecule has 31 heavy (non-hydrogen) atoms. The molecule has 0 fully saturated rings. The zero-order valence-electron chi connectivity index (χ0n) is 17.3. The standard InChI is InChI=1S/C23H20FN3O2S2/c1-13-14(2)30-21-19(13)22(29)27(12-18-6-4-5-11-25-18)23(26-21)31-15(3)20(28)16-7-9-17(24)10-8-16/h4-11,15H,12H2,1-3H3. The van der Waals surface area contributed by atoms with Crippen LogP contribution in [0.25, 0.3) is 10.2 Å². The maximum Gasteiger partial charge on any atom is 0.263 e. The van der Waals surface area contributed by atoms with Crippen molar-refractivity contribution in [2.24, 2.45) is 0 Å². The van der Waals surface area contributed by atoms with Crippen molar-refractivity contribution in [3.8, 4) is 0 Å². The van der Waals surface area contributed by atoms with Gasteiger partial charge < -0.3 is 0 Å². The Labute approximate surface area is 187 Å². The Balaban J connectivity index is 1.76. The van der Waals surface area contributed by atoms with Crippen LogP contribution < -0.4 is 5.56 Å². The topological polar surface area (TPSA) is 64.8 Å². The summed E-state index contributed by atoms with van der Waals surface area (Å²) in [5.41, 5.74) is 1.94. The highest BCUT2D eigenvalue weighted by atomic mass is 32.2. The highest BCUT2D eigenvalue weighted by Gasteiger charge is 2.22. The van der Waals surface area contributed by atoms with Gasteiger partial charge in [0.15, 0.2) is 10.9 Å². The van der Waals surface area contributed by atoms with E-state index in [1.807, 2.05) is 32.0 Å². The van der Waals surface area contributed by atoms with E-state index >= 15 is 0 Å². The number of ketones is 1. The van der Waals surface area contributed by atoms with Gasteiger partial charge in [-0.3, -0.25) is 19.1 Å². The first-order valence-electron chi connectivity index (χ1n) is 9.72. The Morgan fingerprint density at radius 1 is 1.19 bits per heavy atom. The Kier molecular flexibility index (Phi) is 6.02. The number of aryl methyl sites for hydroxylation is 2. The molecular weight excluding hydrogens is 433 g/mol. The molecule has 4 aromatic rings. The number of halogens is 1. The number of pyridine rings is 1. The first-order valence-corrected chi connectivity index (χ1v) is 11.4. The molecule has 0 radical (unpaired) electrons. The van der Waals surface area contributed by atoms with Crippen molar-refractivity contribution in [3.63, 3.8) is 0 Å². The minimum Gasteiger partial charge on any atom is -0.293 e. The fourth-order valence-corrected chi connectivity index (χ4v) is 5.31. The molecule has 5 nitrogen and oxygen atoms in total. The van der Waals surface area contributed by atoms with Crippen LogP contribution in [0.4, 0.5) is 4.39 Å². The minimum atomic E-state index is -0.507. The molecule has 1 atom stereocenters. The van der Waals surface area contributed by atoms with Crippen molar-refractivity contribution < 1.29 is 9.18 Å². The average Bonchev–Trinajstić information content (AvgIpc) is 3.05. The van der Waals surface area contributed by atoms with E-state index in [1.165, 1.54) is 47.4 Å². The van der Waals surface area contributed by atoms with Crippen molar-refractivity contribution in [2.45, 2.75) is 37.7 Å². The fourth-order valence-electron chi connectivity index (χ4n) is 3.25. The van der Waals surface area contributed by atoms with Gasteiger partial charge in [-0.2, -0.15) is 0 Å². The average molecular weight is 454 g/mol. The lowest BCUT2D eigenvalue weighted by Crippen LogP contribution is -2.25. The van der Waals surface area contributed by atoms with E-state index in [1.54, 1.807) is 17.7 Å². The van der Waals surface area contributed by atoms with Crippen molar-refractivity contribution in [2.75, 3.05) is 0 Å². The van der Waals surface area contributed by atoms with Gasteiger partial charge in [-0.1, -0.05) is 17.8 Å². The number of benzene rings is 1. The molecule has 4 rings (SSSR count). The lowest BCUT2D eigenvalue weighted by Gasteiger charge is -2.15. The van der Waals surface area contributed by atoms with Crippen LogP contribution in [0.2, 0.25) is 0 Å². The summed E-state index contributed by atoms with van der Waals surface area (Å²) in [4.78, 5) is 37.1. The van der Waals surface area contributed by atoms with Crippen LogP contribution in [-0.2, 0) is 6.54 Å². The third-order valence-electron chi connectivity index (χ3n) is 5.08. The van der Waals surface area contributed by atoms with Gasteiger partial charge in [-0.15, -0.1) is 11.3 Å². The number of carbonyl (C=O) groups is 1. The van der Waals surface area contributed by atoms with Crippen molar-refractivity contribution in [3.05, 3.63) is 86.5 Å². The SMILES string of the molecule is Cc1sc2nc(SC(C)C(=O)c3ccc(F)cc3)n(Cc3ccccn3)c(=O)c2c1C. The zero-order valence-corrected chi connectivity index (χ0v) is 18.9. The molecule has 0 aliphatic heterocycles. The van der Waals surface area contributed by atoms with E-state index in [9.17, 15) is 14.0 Å². The Morgan fingerprint density at radius 2 is 1.94 bits per heavy atom. The molecule has 1 unspecified atom stereocenters. The lowest BCUT2D eigenvalue weighted by molar-refractivity contribution is 0.0994. The predicted molar refractivity (Wildman–Crippen MR) is 123 cm³/mol. The molecule has 0 aliphatic rings. The van der Waals surface area contributed by atoms with Gasteiger partial charge in [0.25, 0.3) is 5.56 Å². The summed E-state index contributed by atoms with van der Waals surface area (Å²) in [6, 6.07) is 11.0. The molecule has 0 spiro atoms. The number of hydrogen-bond donors (Lipinski definition) is 0. The van der Waals surface area contributed by atoms with Crippen LogP contribution >= 0.6 is 23.1 Å². The number of rotatable bonds is 6. The van der Waals surface area contributed by atoms with Gasteiger partial charge >= 0.3 is 0 Å². The molecule has 8 heteroatoms. The minimum absolute atomic E-state index is 0.138. The summed E-state index contributed by atoms with van der Waals surface area (Å²) in [6.45, 7) is 5.92. The molecule has 3 aromatic heterocycles. The molecule has 1 aromatic carbocycles. The smallest absolute Gasteiger partial charge is 0.263 e. The summed E-state index contributed by atoms with van der Waals surface area (Å²) in [6.07, 6.45) is 1.68. The van der Waals surface area contributed by atoms with Gasteiger partial charge in [0.1, 0.15) is 10.6 Å². The van der Waals surface area contributed by atoms with Crippen LogP contribution in [0.5, 0.6) is 0 Å². The molecule has 0 saturated heterocycles. The summed E-state index contributed by atoms with van der Waals surface area (Å²) < 4.78 is 14.8. The predicted octanol–water partition coefficient (Wildman–Crippen LogP) is 5.02. The largest absolute Gasteiger partial charge is 0.293 e. The van der Waals surface area contributed by atoms with Gasteiger partial charge in [0.2, 0.25) is 0 Å². The summed E-state index contributed by atoms with van der Waals surface area (Å²) in [5.74, 6) is -0.543. The molecule has 0 amide bonds. The summed E-state index contributed by atoms with van der Waals surface area (Å²) in [7, 11) is 0. The number of carbonyl (C=O) groups excluding carboxylic acids is 1. The third-order valence-corrected chi connectivity index (χ3v) is 7.27. The van der Waals surface area contributed by atoms with E-state index in [2.05, 4.69) is 4.98 Å². The van der Waals surface area contributed by atoms with Crippen LogP contribution in [0.1, 0.15) is 33.4 Å². The van der Waals surface area contributed by atoms with Crippen molar-refractivity contribution in [1.29, 1.82) is 0 Å². The third kappa shape index (κ3) is 4.31. The van der Waals surface area contributed by atoms with Crippen molar-refractivity contribution in [1.82, 2.24) is 14.5 Å². The van der Waals surface area contributed by atoms with Crippen molar-refractivity contribution >= 4 is 39.1 Å². The Morgan fingerprint density at radius 3 is 2.61 bits per heavy atom.